The largest absolute Gasteiger partial charge is 0.393 e. The minimum atomic E-state index is -3.94. The molecule has 2 N–H and O–H groups in total. The topological polar surface area (TPSA) is 74.6 Å². The molecule has 0 aliphatic rings. The maximum Gasteiger partial charge on any atom is 0.267 e. The Morgan fingerprint density at radius 3 is 2.00 bits per heavy atom. The van der Waals surface area contributed by atoms with Crippen molar-refractivity contribution in [3.05, 3.63) is 0 Å². The molecule has 19 heavy (non-hydrogen) atoms. The molecule has 4 nitrogen and oxygen atoms in total. The van der Waals surface area contributed by atoms with Crippen molar-refractivity contribution < 1.29 is 18.1 Å². The van der Waals surface area contributed by atoms with E-state index in [1.807, 2.05) is 6.92 Å². The summed E-state index contributed by atoms with van der Waals surface area (Å²) < 4.78 is 31.8. The molecule has 0 aromatic rings. The molecular weight excluding hydrogens is 264 g/mol. The van der Waals surface area contributed by atoms with Crippen LogP contribution >= 0.6 is 0 Å². The summed E-state index contributed by atoms with van der Waals surface area (Å²) >= 11 is 0. The van der Waals surface area contributed by atoms with Gasteiger partial charge in [0.25, 0.3) is 10.1 Å². The average Bonchev–Trinajstić information content (AvgIpc) is 2.34. The smallest absolute Gasteiger partial charge is 0.267 e. The van der Waals surface area contributed by atoms with Crippen molar-refractivity contribution in [1.29, 1.82) is 0 Å². The highest BCUT2D eigenvalue weighted by Crippen LogP contribution is 2.18. The third-order valence-electron chi connectivity index (χ3n) is 3.59. The van der Waals surface area contributed by atoms with E-state index in [2.05, 4.69) is 6.92 Å². The summed E-state index contributed by atoms with van der Waals surface area (Å²) in [6.07, 6.45) is 7.91. The Morgan fingerprint density at radius 2 is 1.47 bits per heavy atom. The van der Waals surface area contributed by atoms with Gasteiger partial charge < -0.3 is 5.11 Å². The van der Waals surface area contributed by atoms with E-state index in [4.69, 9.17) is 0 Å². The standard InChI is InChI=1S/C14H30O4S/c1-3-5-6-7-8-11-14(19(16,17)18)12-9-10-13(15)4-2/h13-15H,3-12H2,1-2H3,(H,16,17,18). The zero-order valence-corrected chi connectivity index (χ0v) is 13.2. The second kappa shape index (κ2) is 10.6. The van der Waals surface area contributed by atoms with E-state index in [9.17, 15) is 18.1 Å². The molecule has 0 bridgehead atoms. The van der Waals surface area contributed by atoms with Gasteiger partial charge in [-0.25, -0.2) is 0 Å². The Morgan fingerprint density at radius 1 is 0.895 bits per heavy atom. The number of aliphatic hydroxyl groups is 1. The highest BCUT2D eigenvalue weighted by atomic mass is 32.2. The van der Waals surface area contributed by atoms with E-state index >= 15 is 0 Å². The molecule has 0 saturated carbocycles. The zero-order chi connectivity index (χ0) is 14.7. The summed E-state index contributed by atoms with van der Waals surface area (Å²) in [5, 5.41) is 8.78. The molecule has 116 valence electrons. The van der Waals surface area contributed by atoms with Crippen LogP contribution in [-0.4, -0.2) is 29.4 Å². The van der Waals surface area contributed by atoms with Crippen LogP contribution in [0.25, 0.3) is 0 Å². The predicted octanol–water partition coefficient (Wildman–Crippen LogP) is 3.54. The first-order valence-corrected chi connectivity index (χ1v) is 9.06. The first-order valence-electron chi connectivity index (χ1n) is 7.56. The lowest BCUT2D eigenvalue weighted by atomic mass is 10.0. The molecule has 0 radical (unpaired) electrons. The van der Waals surface area contributed by atoms with Gasteiger partial charge in [0.2, 0.25) is 0 Å². The minimum Gasteiger partial charge on any atom is -0.393 e. The Balaban J connectivity index is 3.98. The van der Waals surface area contributed by atoms with Crippen molar-refractivity contribution in [2.75, 3.05) is 0 Å². The van der Waals surface area contributed by atoms with Crippen LogP contribution in [0.5, 0.6) is 0 Å². The normalized spacial score (nSPS) is 15.4. The van der Waals surface area contributed by atoms with Gasteiger partial charge >= 0.3 is 0 Å². The molecule has 2 atom stereocenters. The van der Waals surface area contributed by atoms with Gasteiger partial charge in [0, 0.05) is 0 Å². The molecule has 0 heterocycles. The van der Waals surface area contributed by atoms with Crippen molar-refractivity contribution in [1.82, 2.24) is 0 Å². The van der Waals surface area contributed by atoms with Crippen LogP contribution in [0.3, 0.4) is 0 Å². The molecule has 5 heteroatoms. The SMILES string of the molecule is CCCCCCCC(CCCC(O)CC)S(=O)(=O)O. The first-order chi connectivity index (χ1) is 8.91. The number of hydrogen-bond acceptors (Lipinski definition) is 3. The summed E-state index contributed by atoms with van der Waals surface area (Å²) in [4.78, 5) is 0. The fourth-order valence-corrected chi connectivity index (χ4v) is 3.13. The lowest BCUT2D eigenvalue weighted by Gasteiger charge is -2.14. The molecule has 0 saturated heterocycles. The third kappa shape index (κ3) is 10.3. The van der Waals surface area contributed by atoms with Gasteiger partial charge in [-0.15, -0.1) is 0 Å². The van der Waals surface area contributed by atoms with Gasteiger partial charge in [0.05, 0.1) is 11.4 Å². The molecular formula is C14H30O4S. The summed E-state index contributed by atoms with van der Waals surface area (Å²) in [6, 6.07) is 0. The molecule has 0 fully saturated rings. The minimum absolute atomic E-state index is 0.355. The predicted molar refractivity (Wildman–Crippen MR) is 78.9 cm³/mol. The van der Waals surface area contributed by atoms with Crippen LogP contribution in [0.1, 0.15) is 78.1 Å². The monoisotopic (exact) mass is 294 g/mol. The van der Waals surface area contributed by atoms with Crippen LogP contribution in [0.15, 0.2) is 0 Å². The van der Waals surface area contributed by atoms with Crippen molar-refractivity contribution in [2.45, 2.75) is 89.4 Å². The lowest BCUT2D eigenvalue weighted by molar-refractivity contribution is 0.156. The lowest BCUT2D eigenvalue weighted by Crippen LogP contribution is -2.21. The van der Waals surface area contributed by atoms with Crippen LogP contribution in [-0.2, 0) is 10.1 Å². The van der Waals surface area contributed by atoms with E-state index < -0.39 is 15.4 Å². The Bertz CT molecular complexity index is 301. The molecule has 0 aromatic heterocycles. The molecule has 0 rings (SSSR count). The molecule has 0 spiro atoms. The first kappa shape index (κ1) is 18.9. The number of rotatable bonds is 12. The van der Waals surface area contributed by atoms with E-state index in [1.165, 1.54) is 6.42 Å². The molecule has 0 aliphatic heterocycles. The number of aliphatic hydroxyl groups excluding tert-OH is 1. The summed E-state index contributed by atoms with van der Waals surface area (Å²) in [6.45, 7) is 4.04. The second-order valence-corrected chi connectivity index (χ2v) is 7.03. The van der Waals surface area contributed by atoms with Crippen molar-refractivity contribution in [2.24, 2.45) is 0 Å². The van der Waals surface area contributed by atoms with E-state index in [1.54, 1.807) is 0 Å². The molecule has 0 aromatic carbocycles. The number of hydrogen-bond donors (Lipinski definition) is 2. The Kier molecular flexibility index (Phi) is 10.6. The maximum absolute atomic E-state index is 11.3. The average molecular weight is 294 g/mol. The second-order valence-electron chi connectivity index (χ2n) is 5.33. The van der Waals surface area contributed by atoms with Crippen LogP contribution in [0.4, 0.5) is 0 Å². The number of unbranched alkanes of at least 4 members (excludes halogenated alkanes) is 4. The van der Waals surface area contributed by atoms with Gasteiger partial charge in [-0.3, -0.25) is 4.55 Å². The van der Waals surface area contributed by atoms with E-state index in [0.717, 1.165) is 25.7 Å². The quantitative estimate of drug-likeness (QED) is 0.426. The Labute approximate surface area is 118 Å². The Hall–Kier alpha value is -0.130. The van der Waals surface area contributed by atoms with Gasteiger partial charge in [-0.05, 0) is 32.1 Å². The maximum atomic E-state index is 11.3. The summed E-state index contributed by atoms with van der Waals surface area (Å²) in [5.74, 6) is 0. The zero-order valence-electron chi connectivity index (χ0n) is 12.3. The molecule has 0 aliphatic carbocycles. The fourth-order valence-electron chi connectivity index (χ4n) is 2.20. The van der Waals surface area contributed by atoms with Crippen LogP contribution in [0.2, 0.25) is 0 Å². The van der Waals surface area contributed by atoms with Gasteiger partial charge in [0.1, 0.15) is 0 Å². The van der Waals surface area contributed by atoms with E-state index in [-0.39, 0.29) is 6.10 Å². The van der Waals surface area contributed by atoms with Gasteiger partial charge in [-0.1, -0.05) is 46.0 Å². The van der Waals surface area contributed by atoms with Crippen LogP contribution < -0.4 is 0 Å². The highest BCUT2D eigenvalue weighted by molar-refractivity contribution is 7.86. The van der Waals surface area contributed by atoms with Gasteiger partial charge in [-0.2, -0.15) is 8.42 Å². The van der Waals surface area contributed by atoms with Crippen molar-refractivity contribution >= 4 is 10.1 Å². The molecule has 0 amide bonds. The van der Waals surface area contributed by atoms with Crippen molar-refractivity contribution in [3.8, 4) is 0 Å². The van der Waals surface area contributed by atoms with E-state index in [0.29, 0.717) is 32.1 Å². The van der Waals surface area contributed by atoms with Crippen molar-refractivity contribution in [3.63, 3.8) is 0 Å². The highest BCUT2D eigenvalue weighted by Gasteiger charge is 2.22. The summed E-state index contributed by atoms with van der Waals surface area (Å²) in [5.41, 5.74) is 0. The van der Waals surface area contributed by atoms with Gasteiger partial charge in [0.15, 0.2) is 0 Å². The third-order valence-corrected chi connectivity index (χ3v) is 4.90. The molecule has 2 unspecified atom stereocenters. The summed E-state index contributed by atoms with van der Waals surface area (Å²) in [7, 11) is -3.94. The van der Waals surface area contributed by atoms with Crippen LogP contribution in [0, 0.1) is 0 Å². The fraction of sp³-hybridized carbons (Fsp3) is 1.00.